The van der Waals surface area contributed by atoms with Crippen LogP contribution in [-0.4, -0.2) is 61.3 Å². The van der Waals surface area contributed by atoms with Crippen LogP contribution in [0.2, 0.25) is 0 Å². The van der Waals surface area contributed by atoms with Gasteiger partial charge in [-0.25, -0.2) is 14.4 Å². The summed E-state index contributed by atoms with van der Waals surface area (Å²) in [4.78, 5) is 20.9. The van der Waals surface area contributed by atoms with Gasteiger partial charge in [0.05, 0.1) is 35.2 Å². The summed E-state index contributed by atoms with van der Waals surface area (Å²) in [5.41, 5.74) is -1.61. The van der Waals surface area contributed by atoms with Crippen molar-refractivity contribution in [2.45, 2.75) is 44.8 Å². The number of rotatable bonds is 7. The van der Waals surface area contributed by atoms with E-state index in [1.165, 1.54) is 43.1 Å². The molecule has 3 rings (SSSR count). The van der Waals surface area contributed by atoms with E-state index in [0.717, 1.165) is 13.1 Å². The van der Waals surface area contributed by atoms with Gasteiger partial charge in [-0.2, -0.15) is 28.2 Å². The van der Waals surface area contributed by atoms with Gasteiger partial charge in [0.25, 0.3) is 5.91 Å². The zero-order chi connectivity index (χ0) is 25.3. The molecule has 3 N–H and O–H groups in total. The highest BCUT2D eigenvalue weighted by Gasteiger charge is 2.37. The van der Waals surface area contributed by atoms with Crippen LogP contribution < -0.4 is 10.6 Å². The predicted molar refractivity (Wildman–Crippen MR) is 114 cm³/mol. The quantitative estimate of drug-likeness (QED) is 0.445. The molecule has 3 aromatic heterocycles. The Balaban J connectivity index is 1.99. The van der Waals surface area contributed by atoms with Crippen molar-refractivity contribution in [2.75, 3.05) is 11.9 Å². The van der Waals surface area contributed by atoms with Gasteiger partial charge in [-0.05, 0) is 26.8 Å². The number of hydrogen-bond donors (Lipinski definition) is 3. The first-order valence-electron chi connectivity index (χ1n) is 10.0. The maximum Gasteiger partial charge on any atom is 0.408 e. The number of hydrogen-bond acceptors (Lipinski definition) is 7. The highest BCUT2D eigenvalue weighted by Crippen LogP contribution is 2.27. The Labute approximate surface area is 191 Å². The maximum atomic E-state index is 14.0. The molecule has 1 amide bonds. The van der Waals surface area contributed by atoms with Crippen molar-refractivity contribution in [1.82, 2.24) is 25.1 Å². The standard InChI is InChI=1S/C21H21F4N7O2/c1-11(21(23,24)25)31-15-5-17(32-18-13(8-30-32)4-12(6-26)7-28-18)27-9-14(15)19(33)29-10-16(22)20(2,3)34/h4-5,7-9,11,16,34H,10H2,1-3H3,(H,27,31)(H,29,33). The van der Waals surface area contributed by atoms with Crippen molar-refractivity contribution in [3.63, 3.8) is 0 Å². The second kappa shape index (κ2) is 9.22. The van der Waals surface area contributed by atoms with Crippen molar-refractivity contribution in [3.05, 3.63) is 41.9 Å². The lowest BCUT2D eigenvalue weighted by atomic mass is 10.0. The van der Waals surface area contributed by atoms with E-state index >= 15 is 0 Å². The Morgan fingerprint density at radius 2 is 1.94 bits per heavy atom. The summed E-state index contributed by atoms with van der Waals surface area (Å²) in [6.45, 7) is 2.76. The Morgan fingerprint density at radius 3 is 2.56 bits per heavy atom. The Morgan fingerprint density at radius 1 is 1.24 bits per heavy atom. The van der Waals surface area contributed by atoms with Gasteiger partial charge in [-0.3, -0.25) is 4.79 Å². The Kier molecular flexibility index (Phi) is 6.74. The van der Waals surface area contributed by atoms with Crippen LogP contribution in [0.5, 0.6) is 0 Å². The molecule has 0 bridgehead atoms. The molecule has 3 heterocycles. The highest BCUT2D eigenvalue weighted by atomic mass is 19.4. The molecule has 0 saturated heterocycles. The third-order valence-electron chi connectivity index (χ3n) is 4.96. The van der Waals surface area contributed by atoms with Gasteiger partial charge in [-0.1, -0.05) is 0 Å². The number of fused-ring (bicyclic) bond motifs is 1. The molecule has 0 aliphatic rings. The summed E-state index contributed by atoms with van der Waals surface area (Å²) in [7, 11) is 0. The second-order valence-corrected chi connectivity index (χ2v) is 8.13. The van der Waals surface area contributed by atoms with E-state index in [0.29, 0.717) is 16.6 Å². The van der Waals surface area contributed by atoms with Crippen LogP contribution in [-0.2, 0) is 0 Å². The number of nitrogens with zero attached hydrogens (tertiary/aromatic N) is 5. The smallest absolute Gasteiger partial charge is 0.387 e. The van der Waals surface area contributed by atoms with E-state index in [1.807, 2.05) is 6.07 Å². The molecule has 9 nitrogen and oxygen atoms in total. The first-order chi connectivity index (χ1) is 15.8. The van der Waals surface area contributed by atoms with Crippen LogP contribution in [0.1, 0.15) is 36.7 Å². The van der Waals surface area contributed by atoms with Crippen LogP contribution in [0, 0.1) is 11.3 Å². The molecular weight excluding hydrogens is 458 g/mol. The summed E-state index contributed by atoms with van der Waals surface area (Å²) >= 11 is 0. The summed E-state index contributed by atoms with van der Waals surface area (Å²) in [5.74, 6) is -0.828. The van der Waals surface area contributed by atoms with Crippen molar-refractivity contribution < 1.29 is 27.5 Å². The summed E-state index contributed by atoms with van der Waals surface area (Å²) in [6, 6.07) is 2.64. The molecule has 3 aromatic rings. The molecule has 0 spiro atoms. The molecule has 0 aromatic carbocycles. The SMILES string of the molecule is CC(Nc1cc(-n2ncc3cc(C#N)cnc32)ncc1C(=O)NCC(F)C(C)(C)O)C(F)(F)F. The number of pyridine rings is 2. The van der Waals surface area contributed by atoms with E-state index in [4.69, 9.17) is 5.26 Å². The molecular formula is C21H21F4N7O2. The number of halogens is 4. The lowest BCUT2D eigenvalue weighted by molar-refractivity contribution is -0.138. The molecule has 0 fully saturated rings. The maximum absolute atomic E-state index is 14.0. The first-order valence-corrected chi connectivity index (χ1v) is 10.0. The second-order valence-electron chi connectivity index (χ2n) is 8.13. The van der Waals surface area contributed by atoms with E-state index in [-0.39, 0.29) is 17.1 Å². The number of carbonyl (C=O) groups is 1. The van der Waals surface area contributed by atoms with Gasteiger partial charge >= 0.3 is 6.18 Å². The van der Waals surface area contributed by atoms with Gasteiger partial charge in [0.1, 0.15) is 18.3 Å². The molecule has 34 heavy (non-hydrogen) atoms. The van der Waals surface area contributed by atoms with Crippen molar-refractivity contribution in [3.8, 4) is 11.9 Å². The Hall–Kier alpha value is -3.79. The fraction of sp³-hybridized carbons (Fsp3) is 0.381. The molecule has 180 valence electrons. The molecule has 0 aliphatic carbocycles. The lowest BCUT2D eigenvalue weighted by Crippen LogP contribution is -2.42. The van der Waals surface area contributed by atoms with Crippen LogP contribution in [0.3, 0.4) is 0 Å². The zero-order valence-electron chi connectivity index (χ0n) is 18.4. The normalized spacial score (nSPS) is 13.9. The zero-order valence-corrected chi connectivity index (χ0v) is 18.4. The number of anilines is 1. The van der Waals surface area contributed by atoms with Crippen LogP contribution >= 0.6 is 0 Å². The molecule has 2 unspecified atom stereocenters. The number of nitriles is 1. The van der Waals surface area contributed by atoms with Gasteiger partial charge in [0, 0.05) is 23.8 Å². The largest absolute Gasteiger partial charge is 0.408 e. The number of aromatic nitrogens is 4. The van der Waals surface area contributed by atoms with Gasteiger partial charge in [0.15, 0.2) is 11.5 Å². The number of alkyl halides is 4. The van der Waals surface area contributed by atoms with E-state index in [2.05, 4.69) is 25.7 Å². The first kappa shape index (κ1) is 24.8. The topological polar surface area (TPSA) is 129 Å². The molecule has 0 aliphatic heterocycles. The average Bonchev–Trinajstić information content (AvgIpc) is 3.18. The third-order valence-corrected chi connectivity index (χ3v) is 4.96. The fourth-order valence-electron chi connectivity index (χ4n) is 2.85. The monoisotopic (exact) mass is 479 g/mol. The minimum atomic E-state index is -4.62. The third kappa shape index (κ3) is 5.40. The minimum absolute atomic E-state index is 0.0560. The van der Waals surface area contributed by atoms with Crippen LogP contribution in [0.25, 0.3) is 16.9 Å². The van der Waals surface area contributed by atoms with Crippen LogP contribution in [0.4, 0.5) is 23.2 Å². The number of nitrogens with one attached hydrogen (secondary N) is 2. The highest BCUT2D eigenvalue weighted by molar-refractivity contribution is 5.99. The number of aliphatic hydroxyl groups is 1. The van der Waals surface area contributed by atoms with Gasteiger partial charge in [0.2, 0.25) is 0 Å². The Bertz CT molecular complexity index is 1240. The van der Waals surface area contributed by atoms with Crippen molar-refractivity contribution >= 4 is 22.6 Å². The summed E-state index contributed by atoms with van der Waals surface area (Å²) in [6.07, 6.45) is -2.67. The summed E-state index contributed by atoms with van der Waals surface area (Å²) < 4.78 is 54.9. The predicted octanol–water partition coefficient (Wildman–Crippen LogP) is 2.89. The molecule has 0 saturated carbocycles. The average molecular weight is 479 g/mol. The van der Waals surface area contributed by atoms with Crippen LogP contribution in [0.15, 0.2) is 30.7 Å². The van der Waals surface area contributed by atoms with Gasteiger partial charge in [-0.15, -0.1) is 0 Å². The number of carbonyl (C=O) groups excluding carboxylic acids is 1. The van der Waals surface area contributed by atoms with Crippen molar-refractivity contribution in [1.29, 1.82) is 5.26 Å². The lowest BCUT2D eigenvalue weighted by Gasteiger charge is -2.23. The van der Waals surface area contributed by atoms with Gasteiger partial charge < -0.3 is 15.7 Å². The molecule has 0 radical (unpaired) electrons. The molecule has 2 atom stereocenters. The summed E-state index contributed by atoms with van der Waals surface area (Å²) in [5, 5.41) is 27.8. The minimum Gasteiger partial charge on any atom is -0.387 e. The van der Waals surface area contributed by atoms with E-state index in [9.17, 15) is 27.5 Å². The van der Waals surface area contributed by atoms with E-state index in [1.54, 1.807) is 0 Å². The molecule has 13 heteroatoms. The van der Waals surface area contributed by atoms with Crippen molar-refractivity contribution in [2.24, 2.45) is 0 Å². The van der Waals surface area contributed by atoms with E-state index < -0.39 is 36.4 Å². The fourth-order valence-corrected chi connectivity index (χ4v) is 2.85. The number of amides is 1.